The van der Waals surface area contributed by atoms with Crippen LogP contribution in [0.3, 0.4) is 0 Å². The van der Waals surface area contributed by atoms with E-state index in [1.165, 1.54) is 12.0 Å². The van der Waals surface area contributed by atoms with E-state index in [1.807, 2.05) is 6.92 Å². The standard InChI is InChI=1S/C18H26N4O/c1-14-11-22(12-16-7-5-4-6-8-16)10-9-17(14)21(3)13-18-20-19-15(2)23-18/h4-8,14,17H,9-13H2,1-3H3. The van der Waals surface area contributed by atoms with Crippen molar-refractivity contribution in [2.24, 2.45) is 5.92 Å². The lowest BCUT2D eigenvalue weighted by molar-refractivity contribution is 0.0672. The largest absolute Gasteiger partial charge is 0.424 e. The van der Waals surface area contributed by atoms with Crippen molar-refractivity contribution in [1.29, 1.82) is 0 Å². The van der Waals surface area contributed by atoms with Gasteiger partial charge in [-0.15, -0.1) is 10.2 Å². The summed E-state index contributed by atoms with van der Waals surface area (Å²) in [6.07, 6.45) is 1.18. The van der Waals surface area contributed by atoms with E-state index < -0.39 is 0 Å². The van der Waals surface area contributed by atoms with Crippen LogP contribution in [-0.2, 0) is 13.1 Å². The van der Waals surface area contributed by atoms with Gasteiger partial charge in [0.2, 0.25) is 11.8 Å². The molecule has 0 saturated carbocycles. The quantitative estimate of drug-likeness (QED) is 0.849. The van der Waals surface area contributed by atoms with Crippen molar-refractivity contribution in [3.63, 3.8) is 0 Å². The molecule has 5 nitrogen and oxygen atoms in total. The molecule has 1 saturated heterocycles. The van der Waals surface area contributed by atoms with Gasteiger partial charge in [-0.1, -0.05) is 37.3 Å². The Balaban J connectivity index is 1.53. The van der Waals surface area contributed by atoms with Crippen LogP contribution >= 0.6 is 0 Å². The van der Waals surface area contributed by atoms with E-state index >= 15 is 0 Å². The summed E-state index contributed by atoms with van der Waals surface area (Å²) in [5, 5.41) is 8.02. The third-order valence-corrected chi connectivity index (χ3v) is 4.71. The van der Waals surface area contributed by atoms with E-state index in [1.54, 1.807) is 0 Å². The number of nitrogens with zero attached hydrogens (tertiary/aromatic N) is 4. The summed E-state index contributed by atoms with van der Waals surface area (Å²) in [5.41, 5.74) is 1.40. The lowest BCUT2D eigenvalue weighted by atomic mass is 9.92. The highest BCUT2D eigenvalue weighted by atomic mass is 16.4. The number of rotatable bonds is 5. The molecule has 124 valence electrons. The van der Waals surface area contributed by atoms with Crippen molar-refractivity contribution >= 4 is 0 Å². The monoisotopic (exact) mass is 314 g/mol. The summed E-state index contributed by atoms with van der Waals surface area (Å²) in [5.74, 6) is 1.98. The number of likely N-dealkylation sites (tertiary alicyclic amines) is 1. The van der Waals surface area contributed by atoms with Gasteiger partial charge in [0.15, 0.2) is 0 Å². The van der Waals surface area contributed by atoms with E-state index in [0.717, 1.165) is 26.2 Å². The van der Waals surface area contributed by atoms with E-state index in [4.69, 9.17) is 4.42 Å². The van der Waals surface area contributed by atoms with Crippen molar-refractivity contribution in [2.75, 3.05) is 20.1 Å². The van der Waals surface area contributed by atoms with Gasteiger partial charge in [0.1, 0.15) is 0 Å². The molecule has 0 N–H and O–H groups in total. The highest BCUT2D eigenvalue weighted by Gasteiger charge is 2.29. The molecule has 0 amide bonds. The molecule has 1 aliphatic rings. The zero-order valence-electron chi connectivity index (χ0n) is 14.3. The van der Waals surface area contributed by atoms with E-state index in [-0.39, 0.29) is 0 Å². The minimum absolute atomic E-state index is 0.564. The highest BCUT2D eigenvalue weighted by Crippen LogP contribution is 2.23. The molecule has 0 aliphatic carbocycles. The zero-order chi connectivity index (χ0) is 16.2. The predicted octanol–water partition coefficient (Wildman–Crippen LogP) is 2.72. The molecule has 2 atom stereocenters. The molecule has 0 bridgehead atoms. The fourth-order valence-corrected chi connectivity index (χ4v) is 3.59. The molecule has 2 unspecified atom stereocenters. The second kappa shape index (κ2) is 7.23. The summed E-state index contributed by atoms with van der Waals surface area (Å²) in [6, 6.07) is 11.3. The first-order chi connectivity index (χ1) is 11.1. The Hall–Kier alpha value is -1.72. The van der Waals surface area contributed by atoms with Crippen LogP contribution in [0, 0.1) is 12.8 Å². The van der Waals surface area contributed by atoms with Gasteiger partial charge < -0.3 is 4.42 Å². The molecular weight excluding hydrogens is 288 g/mol. The normalized spacial score (nSPS) is 22.6. The lowest BCUT2D eigenvalue weighted by Gasteiger charge is -2.41. The average molecular weight is 314 g/mol. The highest BCUT2D eigenvalue weighted by molar-refractivity contribution is 5.14. The zero-order valence-corrected chi connectivity index (χ0v) is 14.3. The van der Waals surface area contributed by atoms with Gasteiger partial charge in [0, 0.05) is 26.1 Å². The van der Waals surface area contributed by atoms with Crippen molar-refractivity contribution < 1.29 is 4.42 Å². The number of piperidine rings is 1. The smallest absolute Gasteiger partial charge is 0.230 e. The van der Waals surface area contributed by atoms with E-state index in [2.05, 4.69) is 64.3 Å². The summed E-state index contributed by atoms with van der Waals surface area (Å²) >= 11 is 0. The van der Waals surface area contributed by atoms with Crippen LogP contribution in [0.25, 0.3) is 0 Å². The Bertz CT molecular complexity index is 612. The molecular formula is C18H26N4O. The molecule has 3 rings (SSSR count). The van der Waals surface area contributed by atoms with Crippen molar-refractivity contribution in [3.8, 4) is 0 Å². The second-order valence-corrected chi connectivity index (χ2v) is 6.68. The van der Waals surface area contributed by atoms with Gasteiger partial charge >= 0.3 is 0 Å². The van der Waals surface area contributed by atoms with Crippen molar-refractivity contribution in [3.05, 3.63) is 47.7 Å². The molecule has 0 spiro atoms. The van der Waals surface area contributed by atoms with Crippen LogP contribution in [0.1, 0.15) is 30.7 Å². The first kappa shape index (κ1) is 16.1. The maximum Gasteiger partial charge on any atom is 0.230 e. The van der Waals surface area contributed by atoms with Crippen LogP contribution in [0.15, 0.2) is 34.7 Å². The van der Waals surface area contributed by atoms with Crippen LogP contribution in [0.4, 0.5) is 0 Å². The first-order valence-corrected chi connectivity index (χ1v) is 8.37. The second-order valence-electron chi connectivity index (χ2n) is 6.68. The number of aryl methyl sites for hydroxylation is 1. The van der Waals surface area contributed by atoms with Crippen LogP contribution in [-0.4, -0.2) is 46.2 Å². The fraction of sp³-hybridized carbons (Fsp3) is 0.556. The summed E-state index contributed by atoms with van der Waals surface area (Å²) in [6.45, 7) is 8.22. The van der Waals surface area contributed by atoms with Crippen LogP contribution < -0.4 is 0 Å². The third-order valence-electron chi connectivity index (χ3n) is 4.71. The van der Waals surface area contributed by atoms with Gasteiger partial charge in [-0.05, 0) is 31.5 Å². The number of benzene rings is 1. The Morgan fingerprint density at radius 3 is 2.70 bits per heavy atom. The average Bonchev–Trinajstić information content (AvgIpc) is 2.93. The molecule has 1 aliphatic heterocycles. The van der Waals surface area contributed by atoms with E-state index in [0.29, 0.717) is 23.7 Å². The molecule has 0 radical (unpaired) electrons. The van der Waals surface area contributed by atoms with E-state index in [9.17, 15) is 0 Å². The van der Waals surface area contributed by atoms with Crippen LogP contribution in [0.2, 0.25) is 0 Å². The first-order valence-electron chi connectivity index (χ1n) is 8.37. The van der Waals surface area contributed by atoms with Crippen molar-refractivity contribution in [1.82, 2.24) is 20.0 Å². The number of aromatic nitrogens is 2. The SMILES string of the molecule is Cc1nnc(CN(C)C2CCN(Cc3ccccc3)CC2C)o1. The number of hydrogen-bond acceptors (Lipinski definition) is 5. The Kier molecular flexibility index (Phi) is 5.08. The van der Waals surface area contributed by atoms with Gasteiger partial charge in [-0.3, -0.25) is 9.80 Å². The molecule has 1 aromatic carbocycles. The molecule has 23 heavy (non-hydrogen) atoms. The van der Waals surface area contributed by atoms with Gasteiger partial charge in [0.25, 0.3) is 0 Å². The van der Waals surface area contributed by atoms with Gasteiger partial charge in [-0.2, -0.15) is 0 Å². The summed E-state index contributed by atoms with van der Waals surface area (Å²) in [4.78, 5) is 4.92. The third kappa shape index (κ3) is 4.18. The molecule has 2 aromatic rings. The predicted molar refractivity (Wildman–Crippen MR) is 89.8 cm³/mol. The molecule has 5 heteroatoms. The Labute approximate surface area is 138 Å². The van der Waals surface area contributed by atoms with Crippen LogP contribution in [0.5, 0.6) is 0 Å². The summed E-state index contributed by atoms with van der Waals surface area (Å²) < 4.78 is 5.51. The topological polar surface area (TPSA) is 45.4 Å². The molecule has 2 heterocycles. The maximum absolute atomic E-state index is 5.51. The molecule has 1 aromatic heterocycles. The van der Waals surface area contributed by atoms with Gasteiger partial charge in [0.05, 0.1) is 6.54 Å². The minimum Gasteiger partial charge on any atom is -0.424 e. The lowest BCUT2D eigenvalue weighted by Crippen LogP contribution is -2.48. The number of hydrogen-bond donors (Lipinski definition) is 0. The maximum atomic E-state index is 5.51. The Morgan fingerprint density at radius 2 is 2.04 bits per heavy atom. The summed E-state index contributed by atoms with van der Waals surface area (Å²) in [7, 11) is 2.16. The fourth-order valence-electron chi connectivity index (χ4n) is 3.59. The van der Waals surface area contributed by atoms with Crippen molar-refractivity contribution in [2.45, 2.75) is 39.4 Å². The minimum atomic E-state index is 0.564. The Morgan fingerprint density at radius 1 is 1.26 bits per heavy atom. The van der Waals surface area contributed by atoms with Gasteiger partial charge in [-0.25, -0.2) is 0 Å². The molecule has 1 fully saturated rings.